The minimum absolute atomic E-state index is 0.00447. The Hall–Kier alpha value is -2.71. The van der Waals surface area contributed by atoms with E-state index in [1.165, 1.54) is 16.2 Å². The Morgan fingerprint density at radius 1 is 1.33 bits per heavy atom. The summed E-state index contributed by atoms with van der Waals surface area (Å²) in [6.45, 7) is 1.99. The van der Waals surface area contributed by atoms with Gasteiger partial charge in [-0.1, -0.05) is 17.4 Å². The molecule has 136 valence electrons. The summed E-state index contributed by atoms with van der Waals surface area (Å²) in [5, 5.41) is 10.5. The Morgan fingerprint density at radius 3 is 3.00 bits per heavy atom. The number of hydrogen-bond acceptors (Lipinski definition) is 6. The fourth-order valence-electron chi connectivity index (χ4n) is 3.53. The van der Waals surface area contributed by atoms with Gasteiger partial charge in [0.2, 0.25) is 11.0 Å². The number of amides is 1. The third kappa shape index (κ3) is 2.64. The summed E-state index contributed by atoms with van der Waals surface area (Å²) in [5.74, 6) is 1.57. The molecule has 1 atom stereocenters. The monoisotopic (exact) mass is 396 g/mol. The van der Waals surface area contributed by atoms with Crippen molar-refractivity contribution >= 4 is 44.6 Å². The van der Waals surface area contributed by atoms with Crippen LogP contribution in [0, 0.1) is 6.92 Å². The van der Waals surface area contributed by atoms with E-state index in [9.17, 15) is 4.79 Å². The third-order valence-electron chi connectivity index (χ3n) is 4.75. The molecule has 4 aromatic rings. The van der Waals surface area contributed by atoms with Crippen molar-refractivity contribution in [2.75, 3.05) is 12.4 Å². The van der Waals surface area contributed by atoms with Gasteiger partial charge in [0.15, 0.2) is 0 Å². The molecule has 5 rings (SSSR count). The normalized spacial score (nSPS) is 16.4. The van der Waals surface area contributed by atoms with Crippen LogP contribution in [0.2, 0.25) is 0 Å². The molecular weight excluding hydrogens is 380 g/mol. The van der Waals surface area contributed by atoms with Crippen LogP contribution in [0.25, 0.3) is 15.3 Å². The van der Waals surface area contributed by atoms with Gasteiger partial charge in [-0.05, 0) is 36.6 Å². The second-order valence-electron chi connectivity index (χ2n) is 6.41. The molecule has 3 aromatic heterocycles. The van der Waals surface area contributed by atoms with Crippen molar-refractivity contribution in [3.8, 4) is 10.9 Å². The molecule has 4 heterocycles. The first kappa shape index (κ1) is 16.5. The van der Waals surface area contributed by atoms with Crippen molar-refractivity contribution in [2.45, 2.75) is 19.3 Å². The number of rotatable bonds is 3. The lowest BCUT2D eigenvalue weighted by Crippen LogP contribution is -2.24. The van der Waals surface area contributed by atoms with Gasteiger partial charge in [0.05, 0.1) is 23.0 Å². The topological polar surface area (TPSA) is 69.0 Å². The van der Waals surface area contributed by atoms with Gasteiger partial charge in [-0.15, -0.1) is 11.3 Å². The number of carbonyl (C=O) groups excluding carboxylic acids is 1. The van der Waals surface area contributed by atoms with Crippen molar-refractivity contribution in [1.82, 2.24) is 14.8 Å². The number of hydrogen-bond donors (Lipinski definition) is 1. The van der Waals surface area contributed by atoms with Crippen LogP contribution in [0.3, 0.4) is 0 Å². The predicted molar refractivity (Wildman–Crippen MR) is 107 cm³/mol. The number of thiophene rings is 1. The van der Waals surface area contributed by atoms with Crippen LogP contribution in [0.15, 0.2) is 35.7 Å². The lowest BCUT2D eigenvalue weighted by molar-refractivity contribution is -0.116. The standard InChI is InChI=1S/C19H16N4O2S2/c1-10-17-12(14-4-3-7-26-14)9-16(24)21-18(17)23(22-10)19-20-13-6-5-11(25-2)8-15(13)27-19/h3-8,12H,9H2,1-2H3,(H,21,24). The molecule has 0 bridgehead atoms. The second kappa shape index (κ2) is 6.17. The summed E-state index contributed by atoms with van der Waals surface area (Å²) in [7, 11) is 1.65. The van der Waals surface area contributed by atoms with E-state index < -0.39 is 0 Å². The van der Waals surface area contributed by atoms with E-state index >= 15 is 0 Å². The summed E-state index contributed by atoms with van der Waals surface area (Å²) in [4.78, 5) is 18.3. The summed E-state index contributed by atoms with van der Waals surface area (Å²) in [6, 6.07) is 9.89. The molecule has 27 heavy (non-hydrogen) atoms. The number of benzene rings is 1. The fraction of sp³-hybridized carbons (Fsp3) is 0.211. The van der Waals surface area contributed by atoms with Gasteiger partial charge in [-0.3, -0.25) is 4.79 Å². The van der Waals surface area contributed by atoms with Gasteiger partial charge in [0.25, 0.3) is 0 Å². The van der Waals surface area contributed by atoms with E-state index in [1.807, 2.05) is 36.6 Å². The van der Waals surface area contributed by atoms with Crippen molar-refractivity contribution < 1.29 is 9.53 Å². The quantitative estimate of drug-likeness (QED) is 0.559. The van der Waals surface area contributed by atoms with E-state index in [-0.39, 0.29) is 11.8 Å². The minimum atomic E-state index is 0.00447. The number of anilines is 1. The third-order valence-corrected chi connectivity index (χ3v) is 6.73. The van der Waals surface area contributed by atoms with E-state index in [2.05, 4.69) is 11.4 Å². The largest absolute Gasteiger partial charge is 0.497 e. The van der Waals surface area contributed by atoms with Gasteiger partial charge in [0.1, 0.15) is 11.6 Å². The van der Waals surface area contributed by atoms with E-state index in [4.69, 9.17) is 14.8 Å². The molecule has 0 saturated carbocycles. The maximum Gasteiger partial charge on any atom is 0.226 e. The highest BCUT2D eigenvalue weighted by Crippen LogP contribution is 2.42. The van der Waals surface area contributed by atoms with Gasteiger partial charge >= 0.3 is 0 Å². The molecule has 0 aliphatic carbocycles. The molecular formula is C19H16N4O2S2. The number of thiazole rings is 1. The number of aryl methyl sites for hydroxylation is 1. The smallest absolute Gasteiger partial charge is 0.226 e. The number of methoxy groups -OCH3 is 1. The molecule has 1 aliphatic rings. The Labute approximate surface area is 163 Å². The number of aromatic nitrogens is 3. The van der Waals surface area contributed by atoms with Gasteiger partial charge < -0.3 is 10.1 Å². The highest BCUT2D eigenvalue weighted by molar-refractivity contribution is 7.20. The Balaban J connectivity index is 1.67. The molecule has 1 N–H and O–H groups in total. The lowest BCUT2D eigenvalue weighted by Gasteiger charge is -2.22. The highest BCUT2D eigenvalue weighted by atomic mass is 32.1. The molecule has 1 unspecified atom stereocenters. The number of ether oxygens (including phenoxy) is 1. The number of fused-ring (bicyclic) bond motifs is 2. The average Bonchev–Trinajstić information content (AvgIpc) is 3.39. The van der Waals surface area contributed by atoms with Crippen LogP contribution >= 0.6 is 22.7 Å². The van der Waals surface area contributed by atoms with E-state index in [0.717, 1.165) is 38.2 Å². The van der Waals surface area contributed by atoms with Crippen molar-refractivity contribution in [1.29, 1.82) is 0 Å². The maximum atomic E-state index is 12.4. The minimum Gasteiger partial charge on any atom is -0.497 e. The van der Waals surface area contributed by atoms with Gasteiger partial charge in [0, 0.05) is 22.8 Å². The fourth-order valence-corrected chi connectivity index (χ4v) is 5.32. The van der Waals surface area contributed by atoms with Gasteiger partial charge in [-0.25, -0.2) is 4.98 Å². The van der Waals surface area contributed by atoms with Crippen LogP contribution in [0.1, 0.15) is 28.5 Å². The SMILES string of the molecule is COc1ccc2nc(-n3nc(C)c4c3NC(=O)CC4c3cccs3)sc2c1. The zero-order valence-electron chi connectivity index (χ0n) is 14.7. The van der Waals surface area contributed by atoms with Crippen LogP contribution < -0.4 is 10.1 Å². The van der Waals surface area contributed by atoms with Crippen LogP contribution in [0.4, 0.5) is 5.82 Å². The summed E-state index contributed by atoms with van der Waals surface area (Å²) in [5.41, 5.74) is 2.88. The molecule has 8 heteroatoms. The molecule has 1 amide bonds. The Kier molecular flexibility index (Phi) is 3.76. The molecule has 1 aliphatic heterocycles. The summed E-state index contributed by atoms with van der Waals surface area (Å²) >= 11 is 3.20. The highest BCUT2D eigenvalue weighted by Gasteiger charge is 2.33. The first-order valence-electron chi connectivity index (χ1n) is 8.52. The van der Waals surface area contributed by atoms with Crippen LogP contribution in [-0.4, -0.2) is 27.8 Å². The molecule has 0 spiro atoms. The molecule has 6 nitrogen and oxygen atoms in total. The number of nitrogens with zero attached hydrogens (tertiary/aromatic N) is 3. The second-order valence-corrected chi connectivity index (χ2v) is 8.40. The zero-order valence-corrected chi connectivity index (χ0v) is 16.4. The van der Waals surface area contributed by atoms with E-state index in [1.54, 1.807) is 23.1 Å². The summed E-state index contributed by atoms with van der Waals surface area (Å²) in [6.07, 6.45) is 0.442. The van der Waals surface area contributed by atoms with Crippen LogP contribution in [0.5, 0.6) is 5.75 Å². The molecule has 0 saturated heterocycles. The van der Waals surface area contributed by atoms with E-state index in [0.29, 0.717) is 6.42 Å². The first-order valence-corrected chi connectivity index (χ1v) is 10.2. The molecule has 0 fully saturated rings. The average molecular weight is 396 g/mol. The Morgan fingerprint density at radius 2 is 2.22 bits per heavy atom. The lowest BCUT2D eigenvalue weighted by atomic mass is 9.91. The summed E-state index contributed by atoms with van der Waals surface area (Å²) < 4.78 is 8.08. The molecule has 0 radical (unpaired) electrons. The van der Waals surface area contributed by atoms with Crippen molar-refractivity contribution in [2.24, 2.45) is 0 Å². The van der Waals surface area contributed by atoms with Crippen LogP contribution in [-0.2, 0) is 4.79 Å². The van der Waals surface area contributed by atoms with Crippen molar-refractivity contribution in [3.05, 3.63) is 51.8 Å². The zero-order chi connectivity index (χ0) is 18.5. The number of carbonyl (C=O) groups is 1. The van der Waals surface area contributed by atoms with Crippen molar-refractivity contribution in [3.63, 3.8) is 0 Å². The molecule has 1 aromatic carbocycles. The number of nitrogens with one attached hydrogen (secondary N) is 1. The van der Waals surface area contributed by atoms with Gasteiger partial charge in [-0.2, -0.15) is 9.78 Å². The predicted octanol–water partition coefficient (Wildman–Crippen LogP) is 4.33. The first-order chi connectivity index (χ1) is 13.1. The maximum absolute atomic E-state index is 12.4. The Bertz CT molecular complexity index is 1160.